The predicted octanol–water partition coefficient (Wildman–Crippen LogP) is 0.704. The van der Waals surface area contributed by atoms with Gasteiger partial charge in [-0.2, -0.15) is 5.26 Å². The SMILES string of the molecule is N#Cc1cnc(-c2ccncc2)[nH]c1=O. The maximum absolute atomic E-state index is 11.3. The molecule has 0 saturated carbocycles. The van der Waals surface area contributed by atoms with E-state index in [-0.39, 0.29) is 5.56 Å². The number of nitrogens with zero attached hydrogens (tertiary/aromatic N) is 3. The van der Waals surface area contributed by atoms with Crippen LogP contribution in [-0.2, 0) is 0 Å². The molecule has 0 aromatic carbocycles. The second-order valence-electron chi connectivity index (χ2n) is 2.82. The van der Waals surface area contributed by atoms with Crippen molar-refractivity contribution in [3.05, 3.63) is 46.6 Å². The molecule has 0 aliphatic heterocycles. The predicted molar refractivity (Wildman–Crippen MR) is 52.8 cm³/mol. The summed E-state index contributed by atoms with van der Waals surface area (Å²) in [7, 11) is 0. The molecule has 0 bridgehead atoms. The average molecular weight is 198 g/mol. The minimum absolute atomic E-state index is 0.00723. The molecule has 5 nitrogen and oxygen atoms in total. The van der Waals surface area contributed by atoms with Gasteiger partial charge >= 0.3 is 0 Å². The van der Waals surface area contributed by atoms with Gasteiger partial charge in [-0.25, -0.2) is 4.98 Å². The van der Waals surface area contributed by atoms with Crippen molar-refractivity contribution in [2.45, 2.75) is 0 Å². The summed E-state index contributed by atoms with van der Waals surface area (Å²) in [6, 6.07) is 5.21. The molecule has 0 aliphatic rings. The van der Waals surface area contributed by atoms with E-state index in [4.69, 9.17) is 5.26 Å². The highest BCUT2D eigenvalue weighted by molar-refractivity contribution is 5.53. The quantitative estimate of drug-likeness (QED) is 0.731. The number of H-pyrrole nitrogens is 1. The Morgan fingerprint density at radius 2 is 2.07 bits per heavy atom. The molecule has 2 rings (SSSR count). The van der Waals surface area contributed by atoms with Gasteiger partial charge in [0, 0.05) is 18.0 Å². The number of aromatic nitrogens is 3. The molecule has 0 aliphatic carbocycles. The van der Waals surface area contributed by atoms with Crippen molar-refractivity contribution < 1.29 is 0 Å². The molecule has 15 heavy (non-hydrogen) atoms. The first kappa shape index (κ1) is 9.09. The minimum atomic E-state index is -0.431. The van der Waals surface area contributed by atoms with Crippen LogP contribution in [0.5, 0.6) is 0 Å². The zero-order valence-corrected chi connectivity index (χ0v) is 7.64. The lowest BCUT2D eigenvalue weighted by molar-refractivity contribution is 1.11. The highest BCUT2D eigenvalue weighted by Gasteiger charge is 2.02. The zero-order chi connectivity index (χ0) is 10.7. The van der Waals surface area contributed by atoms with Crippen LogP contribution >= 0.6 is 0 Å². The van der Waals surface area contributed by atoms with Crippen molar-refractivity contribution in [3.63, 3.8) is 0 Å². The Kier molecular flexibility index (Phi) is 2.25. The first-order valence-electron chi connectivity index (χ1n) is 4.21. The summed E-state index contributed by atoms with van der Waals surface area (Å²) in [5.41, 5.74) is 0.332. The summed E-state index contributed by atoms with van der Waals surface area (Å²) in [6.45, 7) is 0. The lowest BCUT2D eigenvalue weighted by atomic mass is 10.2. The molecule has 72 valence electrons. The molecule has 2 aromatic heterocycles. The Bertz CT molecular complexity index is 568. The highest BCUT2D eigenvalue weighted by Crippen LogP contribution is 2.10. The van der Waals surface area contributed by atoms with Crippen LogP contribution in [-0.4, -0.2) is 15.0 Å². The van der Waals surface area contributed by atoms with E-state index < -0.39 is 5.56 Å². The topological polar surface area (TPSA) is 82.4 Å². The van der Waals surface area contributed by atoms with Crippen LogP contribution in [0.4, 0.5) is 0 Å². The summed E-state index contributed by atoms with van der Waals surface area (Å²) < 4.78 is 0. The van der Waals surface area contributed by atoms with E-state index in [1.807, 2.05) is 0 Å². The molecular formula is C10H6N4O. The standard InChI is InChI=1S/C10H6N4O/c11-5-8-6-13-9(14-10(8)15)7-1-3-12-4-2-7/h1-4,6H,(H,13,14,15). The van der Waals surface area contributed by atoms with Crippen LogP contribution in [0.15, 0.2) is 35.5 Å². The van der Waals surface area contributed by atoms with Crippen molar-refractivity contribution in [1.82, 2.24) is 15.0 Å². The summed E-state index contributed by atoms with van der Waals surface area (Å²) in [6.07, 6.45) is 4.47. The number of pyridine rings is 1. The van der Waals surface area contributed by atoms with Gasteiger partial charge in [0.25, 0.3) is 5.56 Å². The Morgan fingerprint density at radius 3 is 2.67 bits per heavy atom. The Hall–Kier alpha value is -2.48. The summed E-state index contributed by atoms with van der Waals surface area (Å²) in [5.74, 6) is 0.432. The van der Waals surface area contributed by atoms with Crippen molar-refractivity contribution in [3.8, 4) is 17.5 Å². The van der Waals surface area contributed by atoms with E-state index in [0.717, 1.165) is 5.56 Å². The van der Waals surface area contributed by atoms with Gasteiger partial charge in [0.2, 0.25) is 0 Å². The largest absolute Gasteiger partial charge is 0.305 e. The van der Waals surface area contributed by atoms with Crippen molar-refractivity contribution in [2.24, 2.45) is 0 Å². The normalized spacial score (nSPS) is 9.53. The van der Waals surface area contributed by atoms with Gasteiger partial charge in [-0.1, -0.05) is 0 Å². The Balaban J connectivity index is 2.54. The Labute approximate surface area is 85.1 Å². The lowest BCUT2D eigenvalue weighted by Gasteiger charge is -1.98. The summed E-state index contributed by atoms with van der Waals surface area (Å²) in [5, 5.41) is 8.56. The van der Waals surface area contributed by atoms with Crippen LogP contribution < -0.4 is 5.56 Å². The van der Waals surface area contributed by atoms with Crippen LogP contribution in [0.25, 0.3) is 11.4 Å². The fourth-order valence-electron chi connectivity index (χ4n) is 1.13. The monoisotopic (exact) mass is 198 g/mol. The van der Waals surface area contributed by atoms with Gasteiger partial charge in [0.15, 0.2) is 0 Å². The second kappa shape index (κ2) is 3.72. The zero-order valence-electron chi connectivity index (χ0n) is 7.64. The molecule has 2 heterocycles. The fourth-order valence-corrected chi connectivity index (χ4v) is 1.13. The molecule has 1 N–H and O–H groups in total. The number of rotatable bonds is 1. The van der Waals surface area contributed by atoms with Crippen LogP contribution in [0.2, 0.25) is 0 Å². The molecule has 0 unspecified atom stereocenters. The molecule has 0 spiro atoms. The highest BCUT2D eigenvalue weighted by atomic mass is 16.1. The molecule has 0 amide bonds. The molecule has 0 fully saturated rings. The van der Waals surface area contributed by atoms with Gasteiger partial charge in [-0.3, -0.25) is 9.78 Å². The van der Waals surface area contributed by atoms with Crippen molar-refractivity contribution in [1.29, 1.82) is 5.26 Å². The van der Waals surface area contributed by atoms with E-state index in [0.29, 0.717) is 5.82 Å². The van der Waals surface area contributed by atoms with Crippen molar-refractivity contribution >= 4 is 0 Å². The van der Waals surface area contributed by atoms with Gasteiger partial charge in [-0.15, -0.1) is 0 Å². The number of nitrogens with one attached hydrogen (secondary N) is 1. The molecule has 5 heteroatoms. The second-order valence-corrected chi connectivity index (χ2v) is 2.82. The first-order valence-corrected chi connectivity index (χ1v) is 4.21. The van der Waals surface area contributed by atoms with Crippen molar-refractivity contribution in [2.75, 3.05) is 0 Å². The van der Waals surface area contributed by atoms with Crippen LogP contribution in [0.1, 0.15) is 5.56 Å². The maximum Gasteiger partial charge on any atom is 0.269 e. The van der Waals surface area contributed by atoms with Crippen LogP contribution in [0, 0.1) is 11.3 Å². The van der Waals surface area contributed by atoms with Gasteiger partial charge in [0.05, 0.1) is 6.20 Å². The van der Waals surface area contributed by atoms with E-state index >= 15 is 0 Å². The van der Waals surface area contributed by atoms with E-state index in [1.165, 1.54) is 6.20 Å². The third-order valence-corrected chi connectivity index (χ3v) is 1.87. The Morgan fingerprint density at radius 1 is 1.33 bits per heavy atom. The fraction of sp³-hybridized carbons (Fsp3) is 0. The summed E-state index contributed by atoms with van der Waals surface area (Å²) in [4.78, 5) is 21.7. The smallest absolute Gasteiger partial charge is 0.269 e. The molecular weight excluding hydrogens is 192 g/mol. The summed E-state index contributed by atoms with van der Waals surface area (Å²) >= 11 is 0. The van der Waals surface area contributed by atoms with E-state index in [1.54, 1.807) is 30.6 Å². The van der Waals surface area contributed by atoms with Gasteiger partial charge in [0.1, 0.15) is 17.5 Å². The number of nitriles is 1. The lowest BCUT2D eigenvalue weighted by Crippen LogP contribution is -2.11. The molecule has 0 saturated heterocycles. The van der Waals surface area contributed by atoms with Gasteiger partial charge < -0.3 is 4.98 Å². The van der Waals surface area contributed by atoms with Crippen LogP contribution in [0.3, 0.4) is 0 Å². The molecule has 0 radical (unpaired) electrons. The third kappa shape index (κ3) is 1.74. The first-order chi connectivity index (χ1) is 7.31. The van der Waals surface area contributed by atoms with Gasteiger partial charge in [-0.05, 0) is 12.1 Å². The minimum Gasteiger partial charge on any atom is -0.305 e. The number of hydrogen-bond acceptors (Lipinski definition) is 4. The van der Waals surface area contributed by atoms with E-state index in [2.05, 4.69) is 15.0 Å². The third-order valence-electron chi connectivity index (χ3n) is 1.87. The number of aromatic amines is 1. The number of hydrogen-bond donors (Lipinski definition) is 1. The molecule has 0 atom stereocenters. The van der Waals surface area contributed by atoms with E-state index in [9.17, 15) is 4.79 Å². The maximum atomic E-state index is 11.3. The average Bonchev–Trinajstić information content (AvgIpc) is 2.30. The molecule has 2 aromatic rings.